The van der Waals surface area contributed by atoms with Crippen LogP contribution in [-0.4, -0.2) is 19.3 Å². The Kier molecular flexibility index (Phi) is 2.35. The number of hydrogen-bond donors (Lipinski definition) is 0. The lowest BCUT2D eigenvalue weighted by Gasteiger charge is -1.96. The van der Waals surface area contributed by atoms with Crippen LogP contribution in [0.5, 0.6) is 0 Å². The van der Waals surface area contributed by atoms with E-state index in [2.05, 4.69) is 10.1 Å². The van der Waals surface area contributed by atoms with Crippen LogP contribution in [0.4, 0.5) is 0 Å². The first-order chi connectivity index (χ1) is 8.28. The monoisotopic (exact) mass is 234 g/mol. The van der Waals surface area contributed by atoms with E-state index in [1.807, 2.05) is 13.1 Å². The summed E-state index contributed by atoms with van der Waals surface area (Å²) in [5.74, 6) is 1.16. The van der Waals surface area contributed by atoms with E-state index >= 15 is 0 Å². The van der Waals surface area contributed by atoms with Crippen LogP contribution in [0.3, 0.4) is 0 Å². The molecule has 90 valence electrons. The Hall–Kier alpha value is -1.85. The van der Waals surface area contributed by atoms with E-state index in [-0.39, 0.29) is 5.69 Å². The van der Waals surface area contributed by atoms with Gasteiger partial charge in [0.25, 0.3) is 0 Å². The van der Waals surface area contributed by atoms with Gasteiger partial charge in [0.15, 0.2) is 5.82 Å². The van der Waals surface area contributed by atoms with E-state index in [4.69, 9.17) is 4.52 Å². The summed E-state index contributed by atoms with van der Waals surface area (Å²) >= 11 is 0. The minimum Gasteiger partial charge on any atom is -0.339 e. The van der Waals surface area contributed by atoms with Gasteiger partial charge in [-0.2, -0.15) is 4.98 Å². The molecule has 0 aromatic carbocycles. The highest BCUT2D eigenvalue weighted by molar-refractivity contribution is 4.94. The zero-order valence-electron chi connectivity index (χ0n) is 9.67. The van der Waals surface area contributed by atoms with Gasteiger partial charge in [-0.05, 0) is 12.8 Å². The Labute approximate surface area is 97.9 Å². The van der Waals surface area contributed by atoms with Crippen molar-refractivity contribution in [3.63, 3.8) is 0 Å². The number of aromatic nitrogens is 4. The molecular formula is C11H14N4O2. The van der Waals surface area contributed by atoms with Crippen LogP contribution < -0.4 is 5.69 Å². The van der Waals surface area contributed by atoms with Crippen molar-refractivity contribution in [3.05, 3.63) is 34.6 Å². The molecule has 0 saturated heterocycles. The summed E-state index contributed by atoms with van der Waals surface area (Å²) in [5.41, 5.74) is 0.00958. The molecule has 2 aromatic heterocycles. The van der Waals surface area contributed by atoms with Gasteiger partial charge in [0, 0.05) is 24.9 Å². The van der Waals surface area contributed by atoms with Crippen LogP contribution in [-0.2, 0) is 13.0 Å². The zero-order chi connectivity index (χ0) is 11.8. The normalized spacial score (nSPS) is 15.4. The first kappa shape index (κ1) is 10.3. The molecule has 0 spiro atoms. The summed E-state index contributed by atoms with van der Waals surface area (Å²) in [6.07, 6.45) is 6.53. The van der Waals surface area contributed by atoms with Gasteiger partial charge >= 0.3 is 5.69 Å². The number of aryl methyl sites for hydroxylation is 1. The highest BCUT2D eigenvalue weighted by Crippen LogP contribution is 2.33. The number of nitrogens with zero attached hydrogens (tertiary/aromatic N) is 4. The summed E-state index contributed by atoms with van der Waals surface area (Å²) in [7, 11) is 0. The number of hydrogen-bond acceptors (Lipinski definition) is 4. The molecule has 0 atom stereocenters. The third kappa shape index (κ3) is 1.90. The molecule has 2 aromatic rings. The van der Waals surface area contributed by atoms with Crippen molar-refractivity contribution in [1.82, 2.24) is 19.3 Å². The molecule has 6 nitrogen and oxygen atoms in total. The third-order valence-electron chi connectivity index (χ3n) is 2.94. The predicted octanol–water partition coefficient (Wildman–Crippen LogP) is 0.978. The predicted molar refractivity (Wildman–Crippen MR) is 59.7 cm³/mol. The van der Waals surface area contributed by atoms with Gasteiger partial charge in [0.2, 0.25) is 5.89 Å². The van der Waals surface area contributed by atoms with Gasteiger partial charge in [0.1, 0.15) is 0 Å². The average molecular weight is 234 g/mol. The molecular weight excluding hydrogens is 220 g/mol. The van der Waals surface area contributed by atoms with Crippen molar-refractivity contribution >= 4 is 0 Å². The van der Waals surface area contributed by atoms with Crippen molar-refractivity contribution in [3.8, 4) is 0 Å². The minimum absolute atomic E-state index is 0.00958. The lowest BCUT2D eigenvalue weighted by atomic mass is 10.5. The zero-order valence-corrected chi connectivity index (χ0v) is 9.67. The summed E-state index contributed by atoms with van der Waals surface area (Å²) in [6.45, 7) is 2.33. The fraction of sp³-hybridized carbons (Fsp3) is 0.545. The van der Waals surface area contributed by atoms with Gasteiger partial charge in [-0.15, -0.1) is 0 Å². The van der Waals surface area contributed by atoms with Crippen molar-refractivity contribution in [1.29, 1.82) is 0 Å². The lowest BCUT2D eigenvalue weighted by molar-refractivity contribution is 0.375. The van der Waals surface area contributed by atoms with Gasteiger partial charge in [-0.25, -0.2) is 4.79 Å². The fourth-order valence-corrected chi connectivity index (χ4v) is 1.83. The standard InChI is InChI=1S/C11H14N4O2/c1-2-10-12-9(13-17-10)7-14-5-6-15(11(14)16)8-3-4-8/h5-6,8H,2-4,7H2,1H3. The van der Waals surface area contributed by atoms with E-state index in [1.54, 1.807) is 15.3 Å². The van der Waals surface area contributed by atoms with Crippen molar-refractivity contribution in [2.45, 2.75) is 38.8 Å². The first-order valence-electron chi connectivity index (χ1n) is 5.86. The van der Waals surface area contributed by atoms with Crippen molar-refractivity contribution < 1.29 is 4.52 Å². The summed E-state index contributed by atoms with van der Waals surface area (Å²) in [4.78, 5) is 16.2. The Morgan fingerprint density at radius 1 is 1.47 bits per heavy atom. The summed E-state index contributed by atoms with van der Waals surface area (Å²) < 4.78 is 8.40. The lowest BCUT2D eigenvalue weighted by Crippen LogP contribution is -2.24. The maximum absolute atomic E-state index is 12.0. The van der Waals surface area contributed by atoms with E-state index in [9.17, 15) is 4.79 Å². The molecule has 17 heavy (non-hydrogen) atoms. The molecule has 0 bridgehead atoms. The second-order valence-electron chi connectivity index (χ2n) is 4.30. The van der Waals surface area contributed by atoms with Crippen molar-refractivity contribution in [2.24, 2.45) is 0 Å². The fourth-order valence-electron chi connectivity index (χ4n) is 1.83. The average Bonchev–Trinajstić information content (AvgIpc) is 2.97. The Morgan fingerprint density at radius 2 is 2.29 bits per heavy atom. The van der Waals surface area contributed by atoms with Crippen LogP contribution in [0.15, 0.2) is 21.7 Å². The Morgan fingerprint density at radius 3 is 2.94 bits per heavy atom. The van der Waals surface area contributed by atoms with E-state index in [0.29, 0.717) is 30.7 Å². The maximum atomic E-state index is 12.0. The molecule has 6 heteroatoms. The van der Waals surface area contributed by atoms with Crippen LogP contribution in [0.2, 0.25) is 0 Å². The van der Waals surface area contributed by atoms with Crippen LogP contribution in [0.1, 0.15) is 37.5 Å². The van der Waals surface area contributed by atoms with Gasteiger partial charge < -0.3 is 4.52 Å². The number of rotatable bonds is 4. The second kappa shape index (κ2) is 3.87. The highest BCUT2D eigenvalue weighted by atomic mass is 16.5. The topological polar surface area (TPSA) is 65.8 Å². The number of imidazole rings is 1. The largest absolute Gasteiger partial charge is 0.339 e. The summed E-state index contributed by atoms with van der Waals surface area (Å²) in [6, 6.07) is 0.403. The van der Waals surface area contributed by atoms with E-state index in [1.165, 1.54) is 0 Å². The summed E-state index contributed by atoms with van der Waals surface area (Å²) in [5, 5.41) is 3.84. The smallest absolute Gasteiger partial charge is 0.328 e. The Bertz CT molecular complexity index is 576. The van der Waals surface area contributed by atoms with Crippen molar-refractivity contribution in [2.75, 3.05) is 0 Å². The molecule has 0 amide bonds. The molecule has 1 fully saturated rings. The quantitative estimate of drug-likeness (QED) is 0.790. The van der Waals surface area contributed by atoms with Gasteiger partial charge in [-0.1, -0.05) is 12.1 Å². The molecule has 3 rings (SSSR count). The van der Waals surface area contributed by atoms with E-state index in [0.717, 1.165) is 12.8 Å². The van der Waals surface area contributed by atoms with Crippen LogP contribution in [0.25, 0.3) is 0 Å². The molecule has 0 N–H and O–H groups in total. The molecule has 0 aliphatic heterocycles. The molecule has 1 saturated carbocycles. The van der Waals surface area contributed by atoms with Gasteiger partial charge in [0.05, 0.1) is 6.54 Å². The molecule has 1 aliphatic rings. The second-order valence-corrected chi connectivity index (χ2v) is 4.30. The van der Waals surface area contributed by atoms with Gasteiger partial charge in [-0.3, -0.25) is 9.13 Å². The first-order valence-corrected chi connectivity index (χ1v) is 5.86. The highest BCUT2D eigenvalue weighted by Gasteiger charge is 2.25. The molecule has 2 heterocycles. The third-order valence-corrected chi connectivity index (χ3v) is 2.94. The van der Waals surface area contributed by atoms with E-state index < -0.39 is 0 Å². The van der Waals surface area contributed by atoms with Crippen LogP contribution >= 0.6 is 0 Å². The van der Waals surface area contributed by atoms with Crippen LogP contribution in [0, 0.1) is 0 Å². The molecule has 0 unspecified atom stereocenters. The Balaban J connectivity index is 1.82. The SMILES string of the molecule is CCc1nc(Cn2ccn(C3CC3)c2=O)no1. The minimum atomic E-state index is 0.00958. The molecule has 1 aliphatic carbocycles. The maximum Gasteiger partial charge on any atom is 0.328 e. The molecule has 0 radical (unpaired) electrons.